The number of carbonyl (C=O) groups excluding carboxylic acids is 1. The Bertz CT molecular complexity index is 891. The lowest BCUT2D eigenvalue weighted by molar-refractivity contribution is -0.137. The van der Waals surface area contributed by atoms with E-state index in [0.29, 0.717) is 11.1 Å². The molecule has 0 saturated carbocycles. The van der Waals surface area contributed by atoms with Crippen molar-refractivity contribution < 1.29 is 22.7 Å². The van der Waals surface area contributed by atoms with Crippen molar-refractivity contribution in [3.63, 3.8) is 0 Å². The van der Waals surface area contributed by atoms with E-state index in [1.54, 1.807) is 48.8 Å². The lowest BCUT2D eigenvalue weighted by Crippen LogP contribution is -2.07. The second kappa shape index (κ2) is 7.39. The fourth-order valence-electron chi connectivity index (χ4n) is 2.46. The Morgan fingerprint density at radius 1 is 0.962 bits per heavy atom. The minimum atomic E-state index is -4.40. The molecule has 1 aromatic heterocycles. The fourth-order valence-corrected chi connectivity index (χ4v) is 2.46. The summed E-state index contributed by atoms with van der Waals surface area (Å²) in [6.07, 6.45) is -1.19. The van der Waals surface area contributed by atoms with E-state index in [1.165, 1.54) is 12.1 Å². The maximum atomic E-state index is 12.7. The van der Waals surface area contributed by atoms with Crippen molar-refractivity contribution in [3.8, 4) is 11.1 Å². The lowest BCUT2D eigenvalue weighted by Gasteiger charge is -2.11. The quantitative estimate of drug-likeness (QED) is 0.608. The van der Waals surface area contributed by atoms with E-state index in [9.17, 15) is 18.0 Å². The first-order chi connectivity index (χ1) is 12.4. The molecule has 3 aromatic rings. The minimum Gasteiger partial charge on any atom is -0.457 e. The average molecular weight is 357 g/mol. The Balaban J connectivity index is 1.82. The van der Waals surface area contributed by atoms with Crippen LogP contribution >= 0.6 is 0 Å². The largest absolute Gasteiger partial charge is 0.457 e. The Kier molecular flexibility index (Phi) is 5.02. The third-order valence-electron chi connectivity index (χ3n) is 3.76. The van der Waals surface area contributed by atoms with Crippen LogP contribution in [0.4, 0.5) is 13.2 Å². The summed E-state index contributed by atoms with van der Waals surface area (Å²) in [6.45, 7) is 0.0635. The predicted molar refractivity (Wildman–Crippen MR) is 90.2 cm³/mol. The smallest absolute Gasteiger partial charge is 0.416 e. The molecule has 0 saturated heterocycles. The molecule has 3 rings (SSSR count). The van der Waals surface area contributed by atoms with E-state index in [-0.39, 0.29) is 12.2 Å². The summed E-state index contributed by atoms with van der Waals surface area (Å²) < 4.78 is 43.4. The zero-order chi connectivity index (χ0) is 18.6. The molecule has 2 aromatic carbocycles. The number of pyridine rings is 1. The maximum absolute atomic E-state index is 12.7. The molecule has 0 fully saturated rings. The zero-order valence-corrected chi connectivity index (χ0v) is 13.5. The molecule has 0 spiro atoms. The molecular formula is C20H14F3NO2. The van der Waals surface area contributed by atoms with Gasteiger partial charge in [0, 0.05) is 18.0 Å². The lowest BCUT2D eigenvalue weighted by atomic mass is 9.98. The van der Waals surface area contributed by atoms with E-state index >= 15 is 0 Å². The maximum Gasteiger partial charge on any atom is 0.416 e. The van der Waals surface area contributed by atoms with Crippen LogP contribution in [0.3, 0.4) is 0 Å². The van der Waals surface area contributed by atoms with Gasteiger partial charge in [0.1, 0.15) is 6.61 Å². The molecule has 0 atom stereocenters. The van der Waals surface area contributed by atoms with Crippen LogP contribution in [-0.4, -0.2) is 11.0 Å². The SMILES string of the molecule is O=C(OCc1cccnc1)c1ccccc1-c1ccc(C(F)(F)F)cc1. The highest BCUT2D eigenvalue weighted by Crippen LogP contribution is 2.32. The molecule has 132 valence electrons. The van der Waals surface area contributed by atoms with E-state index in [4.69, 9.17) is 4.74 Å². The van der Waals surface area contributed by atoms with Gasteiger partial charge in [-0.3, -0.25) is 4.98 Å². The monoisotopic (exact) mass is 357 g/mol. The predicted octanol–water partition coefficient (Wildman–Crippen LogP) is 5.12. The number of esters is 1. The van der Waals surface area contributed by atoms with Gasteiger partial charge in [0.15, 0.2) is 0 Å². The van der Waals surface area contributed by atoms with Gasteiger partial charge in [-0.05, 0) is 35.4 Å². The Labute approximate surface area is 148 Å². The molecule has 26 heavy (non-hydrogen) atoms. The highest BCUT2D eigenvalue weighted by Gasteiger charge is 2.30. The molecular weight excluding hydrogens is 343 g/mol. The molecule has 0 aliphatic carbocycles. The van der Waals surface area contributed by atoms with Crippen molar-refractivity contribution in [1.29, 1.82) is 0 Å². The number of rotatable bonds is 4. The Hall–Kier alpha value is -3.15. The van der Waals surface area contributed by atoms with Gasteiger partial charge in [0.25, 0.3) is 0 Å². The summed E-state index contributed by atoms with van der Waals surface area (Å²) in [5.41, 5.74) is 1.31. The standard InChI is InChI=1S/C20H14F3NO2/c21-20(22,23)16-9-7-15(8-10-16)17-5-1-2-6-18(17)19(25)26-13-14-4-3-11-24-12-14/h1-12H,13H2. The number of hydrogen-bond acceptors (Lipinski definition) is 3. The van der Waals surface area contributed by atoms with Gasteiger partial charge < -0.3 is 4.74 Å². The minimum absolute atomic E-state index is 0.0635. The van der Waals surface area contributed by atoms with Gasteiger partial charge in [-0.25, -0.2) is 4.79 Å². The molecule has 0 amide bonds. The van der Waals surface area contributed by atoms with Gasteiger partial charge in [-0.2, -0.15) is 13.2 Å². The van der Waals surface area contributed by atoms with E-state index in [0.717, 1.165) is 17.7 Å². The van der Waals surface area contributed by atoms with Crippen LogP contribution in [-0.2, 0) is 17.5 Å². The van der Waals surface area contributed by atoms with Crippen molar-refractivity contribution >= 4 is 5.97 Å². The number of halogens is 3. The van der Waals surface area contributed by atoms with Gasteiger partial charge in [-0.1, -0.05) is 36.4 Å². The van der Waals surface area contributed by atoms with Crippen LogP contribution in [0.2, 0.25) is 0 Å². The third-order valence-corrected chi connectivity index (χ3v) is 3.76. The van der Waals surface area contributed by atoms with Crippen LogP contribution in [0, 0.1) is 0 Å². The van der Waals surface area contributed by atoms with Crippen molar-refractivity contribution in [3.05, 3.63) is 89.7 Å². The van der Waals surface area contributed by atoms with E-state index < -0.39 is 17.7 Å². The van der Waals surface area contributed by atoms with Crippen LogP contribution in [0.5, 0.6) is 0 Å². The van der Waals surface area contributed by atoms with Crippen LogP contribution in [0.25, 0.3) is 11.1 Å². The average Bonchev–Trinajstić information content (AvgIpc) is 2.66. The second-order valence-corrected chi connectivity index (χ2v) is 5.56. The number of alkyl halides is 3. The van der Waals surface area contributed by atoms with Crippen molar-refractivity contribution in [2.75, 3.05) is 0 Å². The van der Waals surface area contributed by atoms with Crippen LogP contribution in [0.1, 0.15) is 21.5 Å². The number of hydrogen-bond donors (Lipinski definition) is 0. The van der Waals surface area contributed by atoms with Gasteiger partial charge in [0.2, 0.25) is 0 Å². The Morgan fingerprint density at radius 3 is 2.35 bits per heavy atom. The number of carbonyl (C=O) groups is 1. The second-order valence-electron chi connectivity index (χ2n) is 5.56. The molecule has 6 heteroatoms. The first-order valence-electron chi connectivity index (χ1n) is 7.78. The number of aromatic nitrogens is 1. The van der Waals surface area contributed by atoms with Gasteiger partial charge in [0.05, 0.1) is 11.1 Å². The molecule has 0 bridgehead atoms. The number of ether oxygens (including phenoxy) is 1. The number of nitrogens with zero attached hydrogens (tertiary/aromatic N) is 1. The molecule has 3 nitrogen and oxygen atoms in total. The van der Waals surface area contributed by atoms with Crippen molar-refractivity contribution in [2.24, 2.45) is 0 Å². The molecule has 0 aliphatic rings. The van der Waals surface area contributed by atoms with Crippen LogP contribution in [0.15, 0.2) is 73.1 Å². The molecule has 0 radical (unpaired) electrons. The van der Waals surface area contributed by atoms with E-state index in [1.807, 2.05) is 0 Å². The zero-order valence-electron chi connectivity index (χ0n) is 13.5. The van der Waals surface area contributed by atoms with E-state index in [2.05, 4.69) is 4.98 Å². The molecule has 0 unspecified atom stereocenters. The first-order valence-corrected chi connectivity index (χ1v) is 7.78. The molecule has 0 N–H and O–H groups in total. The van der Waals surface area contributed by atoms with Gasteiger partial charge in [-0.15, -0.1) is 0 Å². The summed E-state index contributed by atoms with van der Waals surface area (Å²) in [5, 5.41) is 0. The summed E-state index contributed by atoms with van der Waals surface area (Å²) in [6, 6.07) is 14.8. The number of benzene rings is 2. The van der Waals surface area contributed by atoms with Crippen molar-refractivity contribution in [1.82, 2.24) is 4.98 Å². The summed E-state index contributed by atoms with van der Waals surface area (Å²) in [7, 11) is 0. The summed E-state index contributed by atoms with van der Waals surface area (Å²) in [5.74, 6) is -0.552. The highest BCUT2D eigenvalue weighted by atomic mass is 19.4. The summed E-state index contributed by atoms with van der Waals surface area (Å²) in [4.78, 5) is 16.4. The summed E-state index contributed by atoms with van der Waals surface area (Å²) >= 11 is 0. The topological polar surface area (TPSA) is 39.2 Å². The van der Waals surface area contributed by atoms with Crippen molar-refractivity contribution in [2.45, 2.75) is 12.8 Å². The highest BCUT2D eigenvalue weighted by molar-refractivity contribution is 5.97. The molecule has 0 aliphatic heterocycles. The fraction of sp³-hybridized carbons (Fsp3) is 0.100. The third kappa shape index (κ3) is 4.08. The normalized spacial score (nSPS) is 11.2. The Morgan fingerprint density at radius 2 is 1.69 bits per heavy atom. The van der Waals surface area contributed by atoms with Crippen LogP contribution < -0.4 is 0 Å². The molecule has 1 heterocycles. The first kappa shape index (κ1) is 17.7. The van der Waals surface area contributed by atoms with Gasteiger partial charge >= 0.3 is 12.1 Å².